The highest BCUT2D eigenvalue weighted by Gasteiger charge is 2.24. The molecule has 0 bridgehead atoms. The predicted octanol–water partition coefficient (Wildman–Crippen LogP) is 3.81. The molecule has 0 radical (unpaired) electrons. The minimum Gasteiger partial charge on any atom is -0.114 e. The first-order chi connectivity index (χ1) is 5.79. The van der Waals surface area contributed by atoms with Crippen molar-refractivity contribution in [2.45, 2.75) is 33.1 Å². The Morgan fingerprint density at radius 3 is 2.92 bits per heavy atom. The Kier molecular flexibility index (Phi) is 4.30. The second-order valence-corrected chi connectivity index (χ2v) is 4.85. The smallest absolute Gasteiger partial charge is 0.0553 e. The van der Waals surface area contributed by atoms with Crippen molar-refractivity contribution in [1.82, 2.24) is 0 Å². The average Bonchev–Trinajstić information content (AvgIpc) is 2.43. The lowest BCUT2D eigenvalue weighted by atomic mass is 9.99. The third-order valence-electron chi connectivity index (χ3n) is 2.22. The van der Waals surface area contributed by atoms with Gasteiger partial charge in [0.15, 0.2) is 0 Å². The zero-order chi connectivity index (χ0) is 8.97. The van der Waals surface area contributed by atoms with E-state index in [2.05, 4.69) is 19.9 Å². The standard InChI is InChI=1S/C10H16S2/c1-3-5-6-8-7-12-10(11)9(8)4-2/h6,9H,3-5,7H2,1-2H3/b8-6-. The number of hydrogen-bond donors (Lipinski definition) is 0. The van der Waals surface area contributed by atoms with Crippen LogP contribution < -0.4 is 0 Å². The summed E-state index contributed by atoms with van der Waals surface area (Å²) < 4.78 is 1.21. The normalized spacial score (nSPS) is 27.0. The van der Waals surface area contributed by atoms with Gasteiger partial charge < -0.3 is 0 Å². The second kappa shape index (κ2) is 5.03. The Morgan fingerprint density at radius 2 is 2.33 bits per heavy atom. The van der Waals surface area contributed by atoms with Gasteiger partial charge in [-0.3, -0.25) is 0 Å². The van der Waals surface area contributed by atoms with Crippen LogP contribution >= 0.6 is 24.0 Å². The van der Waals surface area contributed by atoms with Crippen LogP contribution in [-0.4, -0.2) is 9.95 Å². The van der Waals surface area contributed by atoms with Crippen LogP contribution in [0.15, 0.2) is 11.6 Å². The highest BCUT2D eigenvalue weighted by molar-refractivity contribution is 8.23. The molecule has 1 rings (SSSR count). The number of thioether (sulfide) groups is 1. The van der Waals surface area contributed by atoms with Gasteiger partial charge in [-0.05, 0) is 12.8 Å². The zero-order valence-corrected chi connectivity index (χ0v) is 9.43. The van der Waals surface area contributed by atoms with Gasteiger partial charge in [-0.25, -0.2) is 0 Å². The molecule has 1 atom stereocenters. The van der Waals surface area contributed by atoms with Gasteiger partial charge in [-0.1, -0.05) is 44.1 Å². The van der Waals surface area contributed by atoms with E-state index in [4.69, 9.17) is 12.2 Å². The summed E-state index contributed by atoms with van der Waals surface area (Å²) in [4.78, 5) is 0. The van der Waals surface area contributed by atoms with E-state index < -0.39 is 0 Å². The quantitative estimate of drug-likeness (QED) is 0.502. The average molecular weight is 200 g/mol. The molecular formula is C10H16S2. The topological polar surface area (TPSA) is 0 Å². The molecule has 0 aromatic rings. The van der Waals surface area contributed by atoms with Crippen LogP contribution in [0.3, 0.4) is 0 Å². The Hall–Kier alpha value is 0.180. The number of hydrogen-bond acceptors (Lipinski definition) is 2. The molecule has 1 heterocycles. The molecule has 0 nitrogen and oxygen atoms in total. The molecule has 0 N–H and O–H groups in total. The minimum absolute atomic E-state index is 0.608. The van der Waals surface area contributed by atoms with Crippen LogP contribution in [0.1, 0.15) is 33.1 Å². The first-order valence-corrected chi connectivity index (χ1v) is 6.04. The van der Waals surface area contributed by atoms with Gasteiger partial charge >= 0.3 is 0 Å². The fraction of sp³-hybridized carbons (Fsp3) is 0.700. The molecule has 1 aliphatic rings. The minimum atomic E-state index is 0.608. The maximum atomic E-state index is 5.29. The lowest BCUT2D eigenvalue weighted by Gasteiger charge is -2.07. The van der Waals surface area contributed by atoms with Crippen LogP contribution in [0.5, 0.6) is 0 Å². The summed E-state index contributed by atoms with van der Waals surface area (Å²) in [7, 11) is 0. The summed E-state index contributed by atoms with van der Waals surface area (Å²) >= 11 is 7.14. The largest absolute Gasteiger partial charge is 0.114 e. The van der Waals surface area contributed by atoms with Gasteiger partial charge in [0.1, 0.15) is 0 Å². The zero-order valence-electron chi connectivity index (χ0n) is 7.80. The van der Waals surface area contributed by atoms with Crippen molar-refractivity contribution in [3.63, 3.8) is 0 Å². The van der Waals surface area contributed by atoms with Gasteiger partial charge in [0.2, 0.25) is 0 Å². The van der Waals surface area contributed by atoms with Crippen molar-refractivity contribution in [2.24, 2.45) is 5.92 Å². The summed E-state index contributed by atoms with van der Waals surface area (Å²) in [5, 5.41) is 0. The summed E-state index contributed by atoms with van der Waals surface area (Å²) in [6, 6.07) is 0. The third-order valence-corrected chi connectivity index (χ3v) is 3.90. The molecule has 12 heavy (non-hydrogen) atoms. The van der Waals surface area contributed by atoms with E-state index in [1.54, 1.807) is 5.57 Å². The van der Waals surface area contributed by atoms with Crippen molar-refractivity contribution in [3.05, 3.63) is 11.6 Å². The molecule has 1 unspecified atom stereocenters. The molecular weight excluding hydrogens is 184 g/mol. The molecule has 0 aromatic heterocycles. The first-order valence-electron chi connectivity index (χ1n) is 4.65. The highest BCUT2D eigenvalue weighted by atomic mass is 32.2. The molecule has 2 heteroatoms. The molecule has 1 saturated heterocycles. The van der Waals surface area contributed by atoms with Gasteiger partial charge in [-0.2, -0.15) is 0 Å². The molecule has 68 valence electrons. The van der Waals surface area contributed by atoms with E-state index >= 15 is 0 Å². The fourth-order valence-electron chi connectivity index (χ4n) is 1.47. The van der Waals surface area contributed by atoms with Crippen LogP contribution in [-0.2, 0) is 0 Å². The first kappa shape index (κ1) is 10.3. The monoisotopic (exact) mass is 200 g/mol. The van der Waals surface area contributed by atoms with Gasteiger partial charge in [0.25, 0.3) is 0 Å². The highest BCUT2D eigenvalue weighted by Crippen LogP contribution is 2.34. The van der Waals surface area contributed by atoms with Crippen molar-refractivity contribution < 1.29 is 0 Å². The molecule has 1 fully saturated rings. The molecule has 1 aliphatic heterocycles. The van der Waals surface area contributed by atoms with E-state index in [0.717, 1.165) is 5.75 Å². The van der Waals surface area contributed by atoms with Crippen LogP contribution in [0.4, 0.5) is 0 Å². The Balaban J connectivity index is 2.59. The van der Waals surface area contributed by atoms with E-state index in [-0.39, 0.29) is 0 Å². The summed E-state index contributed by atoms with van der Waals surface area (Å²) in [5.74, 6) is 1.76. The van der Waals surface area contributed by atoms with E-state index in [9.17, 15) is 0 Å². The molecule has 0 amide bonds. The summed E-state index contributed by atoms with van der Waals surface area (Å²) in [6.07, 6.45) is 6.04. The van der Waals surface area contributed by atoms with Crippen molar-refractivity contribution in [3.8, 4) is 0 Å². The fourth-order valence-corrected chi connectivity index (χ4v) is 3.11. The molecule has 0 saturated carbocycles. The Morgan fingerprint density at radius 1 is 1.58 bits per heavy atom. The van der Waals surface area contributed by atoms with Crippen molar-refractivity contribution >= 4 is 28.2 Å². The molecule has 0 aromatic carbocycles. The molecule has 0 aliphatic carbocycles. The number of unbranched alkanes of at least 4 members (excludes halogenated alkanes) is 1. The van der Waals surface area contributed by atoms with Crippen molar-refractivity contribution in [2.75, 3.05) is 5.75 Å². The van der Waals surface area contributed by atoms with Crippen LogP contribution in [0.25, 0.3) is 0 Å². The molecule has 0 spiro atoms. The Labute approximate surface area is 84.8 Å². The lowest BCUT2D eigenvalue weighted by Crippen LogP contribution is -2.03. The maximum Gasteiger partial charge on any atom is 0.0553 e. The van der Waals surface area contributed by atoms with E-state index in [1.807, 2.05) is 11.8 Å². The van der Waals surface area contributed by atoms with Crippen LogP contribution in [0.2, 0.25) is 0 Å². The lowest BCUT2D eigenvalue weighted by molar-refractivity contribution is 0.785. The van der Waals surface area contributed by atoms with Gasteiger partial charge in [0.05, 0.1) is 4.20 Å². The maximum absolute atomic E-state index is 5.29. The SMILES string of the molecule is CCC/C=C1/CSC(=S)C1CC. The van der Waals surface area contributed by atoms with Crippen LogP contribution in [0, 0.1) is 5.92 Å². The second-order valence-electron chi connectivity index (χ2n) is 3.14. The summed E-state index contributed by atoms with van der Waals surface area (Å²) in [6.45, 7) is 4.45. The predicted molar refractivity (Wildman–Crippen MR) is 61.8 cm³/mol. The third kappa shape index (κ3) is 2.33. The number of allylic oxidation sites excluding steroid dienone is 1. The van der Waals surface area contributed by atoms with E-state index in [1.165, 1.54) is 23.5 Å². The summed E-state index contributed by atoms with van der Waals surface area (Å²) in [5.41, 5.74) is 1.58. The van der Waals surface area contributed by atoms with E-state index in [0.29, 0.717) is 5.92 Å². The number of rotatable bonds is 3. The van der Waals surface area contributed by atoms with Crippen molar-refractivity contribution in [1.29, 1.82) is 0 Å². The number of thiocarbonyl (C=S) groups is 1. The Bertz CT molecular complexity index is 194. The van der Waals surface area contributed by atoms with Gasteiger partial charge in [0, 0.05) is 11.7 Å². The van der Waals surface area contributed by atoms with Gasteiger partial charge in [-0.15, -0.1) is 11.8 Å².